The van der Waals surface area contributed by atoms with Gasteiger partial charge in [0.25, 0.3) is 0 Å². The van der Waals surface area contributed by atoms with Gasteiger partial charge in [-0.05, 0) is 50.9 Å². The fourth-order valence-corrected chi connectivity index (χ4v) is 4.16. The van der Waals surface area contributed by atoms with E-state index in [0.717, 1.165) is 30.3 Å². The fraction of sp³-hybridized carbons (Fsp3) is 0.562. The number of hydrogen-bond acceptors (Lipinski definition) is 7. The molecule has 0 aromatic carbocycles. The minimum atomic E-state index is 0.0969. The SMILES string of the molecule is Cc1ccc2nc(NC3=NCC4(CN5CCC4CC5)N3)oc2n1. The van der Waals surface area contributed by atoms with Crippen LogP contribution in [0.2, 0.25) is 0 Å². The maximum atomic E-state index is 5.68. The van der Waals surface area contributed by atoms with Gasteiger partial charge in [-0.2, -0.15) is 4.98 Å². The summed E-state index contributed by atoms with van der Waals surface area (Å²) in [6.45, 7) is 6.31. The molecule has 0 aliphatic carbocycles. The van der Waals surface area contributed by atoms with Gasteiger partial charge in [-0.25, -0.2) is 4.98 Å². The fourth-order valence-electron chi connectivity index (χ4n) is 4.16. The first kappa shape index (κ1) is 13.3. The number of pyridine rings is 1. The summed E-state index contributed by atoms with van der Waals surface area (Å²) in [6.07, 6.45) is 2.53. The number of hydrogen-bond donors (Lipinski definition) is 2. The first-order valence-electron chi connectivity index (χ1n) is 8.26. The van der Waals surface area contributed by atoms with Gasteiger partial charge in [0.2, 0.25) is 5.71 Å². The van der Waals surface area contributed by atoms with Crippen LogP contribution < -0.4 is 10.6 Å². The van der Waals surface area contributed by atoms with Crippen LogP contribution in [0, 0.1) is 12.8 Å². The molecular weight excluding hydrogens is 292 g/mol. The smallest absolute Gasteiger partial charge is 0.304 e. The lowest BCUT2D eigenvalue weighted by molar-refractivity contribution is 0.0270. The molecule has 120 valence electrons. The van der Waals surface area contributed by atoms with Crippen molar-refractivity contribution in [3.8, 4) is 0 Å². The van der Waals surface area contributed by atoms with Gasteiger partial charge in [-0.15, -0.1) is 0 Å². The van der Waals surface area contributed by atoms with Gasteiger partial charge in [-0.1, -0.05) is 0 Å². The molecule has 7 heteroatoms. The summed E-state index contributed by atoms with van der Waals surface area (Å²) < 4.78 is 5.68. The van der Waals surface area contributed by atoms with Crippen molar-refractivity contribution in [1.82, 2.24) is 20.2 Å². The van der Waals surface area contributed by atoms with Crippen LogP contribution in [0.3, 0.4) is 0 Å². The van der Waals surface area contributed by atoms with Crippen LogP contribution in [0.25, 0.3) is 11.2 Å². The summed E-state index contributed by atoms with van der Waals surface area (Å²) in [5, 5.41) is 6.80. The lowest BCUT2D eigenvalue weighted by atomic mass is 9.73. The zero-order valence-electron chi connectivity index (χ0n) is 13.2. The average Bonchev–Trinajstić information content (AvgIpc) is 3.12. The predicted octanol–water partition coefficient (Wildman–Crippen LogP) is 1.37. The quantitative estimate of drug-likeness (QED) is 0.828. The van der Waals surface area contributed by atoms with Gasteiger partial charge in [0.15, 0.2) is 5.96 Å². The van der Waals surface area contributed by atoms with E-state index < -0.39 is 0 Å². The number of aliphatic imine (C=N–C) groups is 1. The Kier molecular flexibility index (Phi) is 2.70. The van der Waals surface area contributed by atoms with Crippen molar-refractivity contribution in [2.75, 3.05) is 31.5 Å². The Labute approximate surface area is 134 Å². The van der Waals surface area contributed by atoms with E-state index in [-0.39, 0.29) is 5.54 Å². The lowest BCUT2D eigenvalue weighted by Gasteiger charge is -2.51. The summed E-state index contributed by atoms with van der Waals surface area (Å²) in [5.74, 6) is 1.48. The Balaban J connectivity index is 1.35. The standard InChI is InChI=1S/C16H20N6O/c1-10-2-3-12-13(18-10)23-15(19-12)20-14-17-8-16(21-14)9-22-6-4-11(16)5-7-22/h2-3,11H,4-9H2,1H3,(H2,17,19,20,21). The van der Waals surface area contributed by atoms with Gasteiger partial charge >= 0.3 is 6.01 Å². The molecule has 3 fully saturated rings. The topological polar surface area (TPSA) is 78.6 Å². The first-order chi connectivity index (χ1) is 11.2. The Morgan fingerprint density at radius 2 is 2.17 bits per heavy atom. The normalized spacial score (nSPS) is 32.3. The highest BCUT2D eigenvalue weighted by atomic mass is 16.4. The predicted molar refractivity (Wildman–Crippen MR) is 87.5 cm³/mol. The molecule has 3 saturated heterocycles. The maximum Gasteiger partial charge on any atom is 0.304 e. The van der Waals surface area contributed by atoms with Gasteiger partial charge in [0.1, 0.15) is 5.52 Å². The molecule has 23 heavy (non-hydrogen) atoms. The van der Waals surface area contributed by atoms with Gasteiger partial charge in [-0.3, -0.25) is 10.3 Å². The highest BCUT2D eigenvalue weighted by Gasteiger charge is 2.49. The van der Waals surface area contributed by atoms with Crippen LogP contribution in [0.15, 0.2) is 21.5 Å². The van der Waals surface area contributed by atoms with E-state index in [1.807, 2.05) is 19.1 Å². The number of anilines is 1. The van der Waals surface area contributed by atoms with Crippen LogP contribution in [-0.4, -0.2) is 52.5 Å². The molecule has 1 spiro atoms. The third-order valence-corrected chi connectivity index (χ3v) is 5.38. The van der Waals surface area contributed by atoms with Gasteiger partial charge in [0.05, 0.1) is 12.1 Å². The van der Waals surface area contributed by atoms with Gasteiger partial charge in [0, 0.05) is 12.2 Å². The molecule has 1 unspecified atom stereocenters. The molecule has 6 rings (SSSR count). The zero-order chi connectivity index (χ0) is 15.4. The van der Waals surface area contributed by atoms with E-state index in [9.17, 15) is 0 Å². The molecule has 4 aliphatic rings. The maximum absolute atomic E-state index is 5.68. The second-order valence-electron chi connectivity index (χ2n) is 6.92. The van der Waals surface area contributed by atoms with Crippen LogP contribution >= 0.6 is 0 Å². The number of fused-ring (bicyclic) bond motifs is 3. The third-order valence-electron chi connectivity index (χ3n) is 5.38. The Morgan fingerprint density at radius 3 is 2.96 bits per heavy atom. The molecule has 6 heterocycles. The number of oxazole rings is 1. The van der Waals surface area contributed by atoms with E-state index in [4.69, 9.17) is 4.42 Å². The Morgan fingerprint density at radius 1 is 1.30 bits per heavy atom. The third kappa shape index (κ3) is 2.10. The number of guanidine groups is 1. The number of nitrogens with one attached hydrogen (secondary N) is 2. The summed E-state index contributed by atoms with van der Waals surface area (Å²) in [7, 11) is 0. The first-order valence-corrected chi connectivity index (χ1v) is 8.26. The van der Waals surface area contributed by atoms with E-state index in [1.54, 1.807) is 0 Å². The molecule has 1 atom stereocenters. The van der Waals surface area contributed by atoms with Gasteiger partial charge < -0.3 is 14.6 Å². The summed E-state index contributed by atoms with van der Waals surface area (Å²) >= 11 is 0. The molecule has 0 amide bonds. The van der Waals surface area contributed by atoms with Crippen LogP contribution in [0.4, 0.5) is 6.01 Å². The number of rotatable bonds is 1. The van der Waals surface area contributed by atoms with E-state index in [0.29, 0.717) is 17.6 Å². The van der Waals surface area contributed by atoms with Crippen molar-refractivity contribution in [3.63, 3.8) is 0 Å². The monoisotopic (exact) mass is 312 g/mol. The lowest BCUT2D eigenvalue weighted by Crippen LogP contribution is -2.66. The second-order valence-corrected chi connectivity index (χ2v) is 6.92. The van der Waals surface area contributed by atoms with E-state index in [2.05, 4.69) is 30.5 Å². The van der Waals surface area contributed by atoms with E-state index in [1.165, 1.54) is 25.9 Å². The number of aryl methyl sites for hydroxylation is 1. The molecule has 7 nitrogen and oxygen atoms in total. The van der Waals surface area contributed by atoms with Crippen molar-refractivity contribution >= 4 is 23.2 Å². The molecule has 2 bridgehead atoms. The molecule has 2 aromatic rings. The Bertz CT molecular complexity index is 791. The second kappa shape index (κ2) is 4.67. The summed E-state index contributed by atoms with van der Waals surface area (Å²) in [5.41, 5.74) is 2.33. The van der Waals surface area contributed by atoms with Crippen LogP contribution in [0.1, 0.15) is 18.5 Å². The summed E-state index contributed by atoms with van der Waals surface area (Å²) in [6, 6.07) is 4.30. The largest absolute Gasteiger partial charge is 0.404 e. The molecule has 0 radical (unpaired) electrons. The van der Waals surface area contributed by atoms with Crippen molar-refractivity contribution < 1.29 is 4.42 Å². The minimum Gasteiger partial charge on any atom is -0.404 e. The molecular formula is C16H20N6O. The van der Waals surface area contributed by atoms with Crippen LogP contribution in [-0.2, 0) is 0 Å². The van der Waals surface area contributed by atoms with E-state index >= 15 is 0 Å². The molecule has 4 aliphatic heterocycles. The summed E-state index contributed by atoms with van der Waals surface area (Å²) in [4.78, 5) is 16.0. The zero-order valence-corrected chi connectivity index (χ0v) is 13.2. The Hall–Kier alpha value is -2.15. The molecule has 2 aromatic heterocycles. The number of nitrogens with zero attached hydrogens (tertiary/aromatic N) is 4. The minimum absolute atomic E-state index is 0.0969. The molecule has 2 N–H and O–H groups in total. The van der Waals surface area contributed by atoms with Crippen molar-refractivity contribution in [2.24, 2.45) is 10.9 Å². The number of piperidine rings is 3. The highest BCUT2D eigenvalue weighted by Crippen LogP contribution is 2.37. The highest BCUT2D eigenvalue weighted by molar-refractivity contribution is 5.94. The van der Waals surface area contributed by atoms with Crippen molar-refractivity contribution in [1.29, 1.82) is 0 Å². The molecule has 0 saturated carbocycles. The van der Waals surface area contributed by atoms with Crippen LogP contribution in [0.5, 0.6) is 0 Å². The van der Waals surface area contributed by atoms with Crippen molar-refractivity contribution in [2.45, 2.75) is 25.3 Å². The average molecular weight is 312 g/mol. The number of aromatic nitrogens is 2. The van der Waals surface area contributed by atoms with Crippen molar-refractivity contribution in [3.05, 3.63) is 17.8 Å².